The summed E-state index contributed by atoms with van der Waals surface area (Å²) >= 11 is 3.05. The Balaban J connectivity index is 2.15. The Morgan fingerprint density at radius 2 is 1.70 bits per heavy atom. The van der Waals surface area contributed by atoms with Crippen molar-refractivity contribution in [2.75, 3.05) is 5.32 Å². The monoisotopic (exact) mass is 350 g/mol. The molecule has 20 heavy (non-hydrogen) atoms. The number of halogens is 4. The molecule has 0 spiro atoms. The van der Waals surface area contributed by atoms with Crippen LogP contribution >= 0.6 is 15.9 Å². The van der Waals surface area contributed by atoms with Gasteiger partial charge in [0.15, 0.2) is 0 Å². The minimum atomic E-state index is -4.39. The Morgan fingerprint density at radius 1 is 1.10 bits per heavy atom. The summed E-state index contributed by atoms with van der Waals surface area (Å²) in [5.74, 6) is -0.0497. The summed E-state index contributed by atoms with van der Waals surface area (Å²) in [6.07, 6.45) is 4.53. The fourth-order valence-electron chi connectivity index (χ4n) is 2.56. The van der Waals surface area contributed by atoms with Crippen LogP contribution in [0.3, 0.4) is 0 Å². The van der Waals surface area contributed by atoms with Crippen LogP contribution in [-0.2, 0) is 6.18 Å². The number of anilines is 1. The van der Waals surface area contributed by atoms with Gasteiger partial charge in [0, 0.05) is 16.7 Å². The van der Waals surface area contributed by atoms with Gasteiger partial charge in [0.1, 0.15) is 5.82 Å². The van der Waals surface area contributed by atoms with E-state index in [0.29, 0.717) is 4.47 Å². The second-order valence-corrected chi connectivity index (χ2v) is 6.15. The van der Waals surface area contributed by atoms with Crippen LogP contribution in [-0.4, -0.2) is 11.0 Å². The van der Waals surface area contributed by atoms with Crippen molar-refractivity contribution >= 4 is 21.7 Å². The molecule has 0 unspecified atom stereocenters. The van der Waals surface area contributed by atoms with Gasteiger partial charge in [-0.3, -0.25) is 0 Å². The first-order valence-electron chi connectivity index (χ1n) is 6.96. The number of aromatic nitrogens is 1. The summed E-state index contributed by atoms with van der Waals surface area (Å²) in [6.45, 7) is 0. The molecule has 0 aromatic carbocycles. The third kappa shape index (κ3) is 4.36. The van der Waals surface area contributed by atoms with Crippen molar-refractivity contribution in [2.24, 2.45) is 0 Å². The number of nitrogens with one attached hydrogen (secondary N) is 1. The molecule has 1 aromatic heterocycles. The average Bonchev–Trinajstić information content (AvgIpc) is 2.33. The molecule has 0 saturated heterocycles. The number of pyridine rings is 1. The van der Waals surface area contributed by atoms with Crippen LogP contribution < -0.4 is 5.32 Å². The molecule has 1 saturated carbocycles. The SMILES string of the molecule is FC(F)(F)c1cc(Br)cnc1NC1CCCCCCC1. The molecule has 1 aromatic rings. The highest BCUT2D eigenvalue weighted by atomic mass is 79.9. The van der Waals surface area contributed by atoms with E-state index in [1.807, 2.05) is 0 Å². The van der Waals surface area contributed by atoms with E-state index in [9.17, 15) is 13.2 Å². The zero-order valence-electron chi connectivity index (χ0n) is 11.1. The highest BCUT2D eigenvalue weighted by Crippen LogP contribution is 2.36. The van der Waals surface area contributed by atoms with Gasteiger partial charge < -0.3 is 5.32 Å². The van der Waals surface area contributed by atoms with Gasteiger partial charge in [0.05, 0.1) is 5.56 Å². The summed E-state index contributed by atoms with van der Waals surface area (Å²) in [7, 11) is 0. The fourth-order valence-corrected chi connectivity index (χ4v) is 2.90. The molecular formula is C14H18BrF3N2. The first kappa shape index (κ1) is 15.6. The minimum Gasteiger partial charge on any atom is -0.367 e. The Bertz CT molecular complexity index is 441. The topological polar surface area (TPSA) is 24.9 Å². The normalized spacial score (nSPS) is 18.4. The van der Waals surface area contributed by atoms with E-state index in [1.54, 1.807) is 0 Å². The van der Waals surface area contributed by atoms with Crippen LogP contribution in [0.5, 0.6) is 0 Å². The van der Waals surface area contributed by atoms with Crippen molar-refractivity contribution in [3.63, 3.8) is 0 Å². The summed E-state index contributed by atoms with van der Waals surface area (Å²) in [5, 5.41) is 3.00. The Morgan fingerprint density at radius 3 is 2.30 bits per heavy atom. The van der Waals surface area contributed by atoms with Gasteiger partial charge in [-0.1, -0.05) is 32.1 Å². The maximum atomic E-state index is 13.0. The predicted octanol–water partition coefficient (Wildman–Crippen LogP) is 5.39. The van der Waals surface area contributed by atoms with E-state index < -0.39 is 11.7 Å². The molecule has 1 aliphatic rings. The molecule has 2 rings (SSSR count). The van der Waals surface area contributed by atoms with Gasteiger partial charge >= 0.3 is 6.18 Å². The van der Waals surface area contributed by atoms with Crippen molar-refractivity contribution in [1.82, 2.24) is 4.98 Å². The Kier molecular flexibility index (Phi) is 5.29. The predicted molar refractivity (Wildman–Crippen MR) is 76.7 cm³/mol. The first-order chi connectivity index (χ1) is 9.47. The molecular weight excluding hydrogens is 333 g/mol. The molecule has 1 aliphatic carbocycles. The smallest absolute Gasteiger partial charge is 0.367 e. The fraction of sp³-hybridized carbons (Fsp3) is 0.643. The molecule has 0 amide bonds. The maximum absolute atomic E-state index is 13.0. The van der Waals surface area contributed by atoms with Crippen LogP contribution in [0.4, 0.5) is 19.0 Å². The number of rotatable bonds is 2. The number of hydrogen-bond acceptors (Lipinski definition) is 2. The van der Waals surface area contributed by atoms with Gasteiger partial charge in [-0.15, -0.1) is 0 Å². The van der Waals surface area contributed by atoms with Crippen molar-refractivity contribution in [2.45, 2.75) is 57.2 Å². The van der Waals surface area contributed by atoms with Crippen molar-refractivity contribution < 1.29 is 13.2 Å². The van der Waals surface area contributed by atoms with Crippen LogP contribution in [0, 0.1) is 0 Å². The number of nitrogens with zero attached hydrogens (tertiary/aromatic N) is 1. The summed E-state index contributed by atoms with van der Waals surface area (Å²) < 4.78 is 39.4. The lowest BCUT2D eigenvalue weighted by Gasteiger charge is -2.23. The number of alkyl halides is 3. The van der Waals surface area contributed by atoms with Crippen molar-refractivity contribution in [3.8, 4) is 0 Å². The molecule has 1 fully saturated rings. The van der Waals surface area contributed by atoms with Crippen LogP contribution in [0.25, 0.3) is 0 Å². The zero-order chi connectivity index (χ0) is 14.6. The van der Waals surface area contributed by atoms with Gasteiger partial charge in [-0.05, 0) is 34.8 Å². The molecule has 1 heterocycles. The highest BCUT2D eigenvalue weighted by Gasteiger charge is 2.35. The molecule has 2 nitrogen and oxygen atoms in total. The summed E-state index contributed by atoms with van der Waals surface area (Å²) in [6, 6.07) is 1.17. The minimum absolute atomic E-state index is 0.0497. The van der Waals surface area contributed by atoms with E-state index in [0.717, 1.165) is 44.6 Å². The van der Waals surface area contributed by atoms with E-state index in [-0.39, 0.29) is 11.9 Å². The molecule has 0 atom stereocenters. The second kappa shape index (κ2) is 6.78. The van der Waals surface area contributed by atoms with E-state index in [2.05, 4.69) is 26.2 Å². The lowest BCUT2D eigenvalue weighted by atomic mass is 9.96. The lowest BCUT2D eigenvalue weighted by Crippen LogP contribution is -2.23. The van der Waals surface area contributed by atoms with Gasteiger partial charge in [0.25, 0.3) is 0 Å². The third-order valence-corrected chi connectivity index (χ3v) is 4.04. The zero-order valence-corrected chi connectivity index (χ0v) is 12.7. The van der Waals surface area contributed by atoms with Crippen LogP contribution in [0.2, 0.25) is 0 Å². The highest BCUT2D eigenvalue weighted by molar-refractivity contribution is 9.10. The molecule has 6 heteroatoms. The van der Waals surface area contributed by atoms with Crippen molar-refractivity contribution in [3.05, 3.63) is 22.3 Å². The van der Waals surface area contributed by atoms with Gasteiger partial charge in [-0.25, -0.2) is 4.98 Å². The second-order valence-electron chi connectivity index (χ2n) is 5.23. The van der Waals surface area contributed by atoms with Gasteiger partial charge in [0.2, 0.25) is 0 Å². The summed E-state index contributed by atoms with van der Waals surface area (Å²) in [5.41, 5.74) is -0.700. The quantitative estimate of drug-likeness (QED) is 0.773. The van der Waals surface area contributed by atoms with Crippen molar-refractivity contribution in [1.29, 1.82) is 0 Å². The van der Waals surface area contributed by atoms with Crippen LogP contribution in [0.15, 0.2) is 16.7 Å². The molecule has 0 radical (unpaired) electrons. The van der Waals surface area contributed by atoms with E-state index >= 15 is 0 Å². The molecule has 112 valence electrons. The number of hydrogen-bond donors (Lipinski definition) is 1. The summed E-state index contributed by atoms with van der Waals surface area (Å²) in [4.78, 5) is 3.91. The molecule has 1 N–H and O–H groups in total. The average molecular weight is 351 g/mol. The standard InChI is InChI=1S/C14H18BrF3N2/c15-10-8-12(14(16,17)18)13(19-9-10)20-11-6-4-2-1-3-5-7-11/h8-9,11H,1-7H2,(H,19,20). The van der Waals surface area contributed by atoms with E-state index in [4.69, 9.17) is 0 Å². The van der Waals surface area contributed by atoms with Gasteiger partial charge in [-0.2, -0.15) is 13.2 Å². The third-order valence-electron chi connectivity index (χ3n) is 3.61. The maximum Gasteiger partial charge on any atom is 0.419 e. The Labute approximate surface area is 125 Å². The molecule has 0 aliphatic heterocycles. The lowest BCUT2D eigenvalue weighted by molar-refractivity contribution is -0.137. The first-order valence-corrected chi connectivity index (χ1v) is 7.75. The Hall–Kier alpha value is -0.780. The van der Waals surface area contributed by atoms with E-state index in [1.165, 1.54) is 12.6 Å². The van der Waals surface area contributed by atoms with Crippen LogP contribution in [0.1, 0.15) is 50.5 Å². The largest absolute Gasteiger partial charge is 0.419 e. The molecule has 0 bridgehead atoms.